The molecule has 0 atom stereocenters. The third-order valence-electron chi connectivity index (χ3n) is 5.98. The summed E-state index contributed by atoms with van der Waals surface area (Å²) in [5.74, 6) is -0.511. The normalized spacial score (nSPS) is 18.2. The second kappa shape index (κ2) is 9.22. The Kier molecular flexibility index (Phi) is 6.39. The van der Waals surface area contributed by atoms with E-state index in [1.165, 1.54) is 0 Å². The number of hydrogen-bond donors (Lipinski definition) is 3. The molecule has 7 nitrogen and oxygen atoms in total. The largest absolute Gasteiger partial charge is 0.369 e. The molecule has 3 N–H and O–H groups in total. The van der Waals surface area contributed by atoms with E-state index in [9.17, 15) is 9.59 Å². The van der Waals surface area contributed by atoms with Crippen LogP contribution in [0.1, 0.15) is 12.8 Å². The summed E-state index contributed by atoms with van der Waals surface area (Å²) >= 11 is 12.3. The number of nitrogens with zero attached hydrogens (tertiary/aromatic N) is 2. The van der Waals surface area contributed by atoms with Gasteiger partial charge in [0.05, 0.1) is 12.4 Å². The minimum Gasteiger partial charge on any atom is -0.369 e. The molecular formula is C23H23Cl2N5O2. The first-order chi connectivity index (χ1) is 15.4. The third kappa shape index (κ3) is 4.18. The molecule has 2 aliphatic rings. The average Bonchev–Trinajstić information content (AvgIpc) is 3.11. The lowest BCUT2D eigenvalue weighted by atomic mass is 9.85. The zero-order valence-corrected chi connectivity index (χ0v) is 18.8. The molecule has 2 saturated heterocycles. The number of carbonyl (C=O) groups is 2. The molecule has 0 aromatic heterocycles. The van der Waals surface area contributed by atoms with Gasteiger partial charge >= 0.3 is 0 Å². The van der Waals surface area contributed by atoms with Crippen molar-refractivity contribution >= 4 is 52.6 Å². The summed E-state index contributed by atoms with van der Waals surface area (Å²) in [6.07, 6.45) is 2.18. The van der Waals surface area contributed by atoms with Gasteiger partial charge in [0, 0.05) is 35.7 Å². The molecule has 9 heteroatoms. The maximum absolute atomic E-state index is 12.8. The first-order valence-corrected chi connectivity index (χ1v) is 11.0. The van der Waals surface area contributed by atoms with Crippen LogP contribution in [0.15, 0.2) is 65.3 Å². The van der Waals surface area contributed by atoms with Crippen molar-refractivity contribution in [1.82, 2.24) is 10.2 Å². The van der Waals surface area contributed by atoms with E-state index in [4.69, 9.17) is 28.6 Å². The van der Waals surface area contributed by atoms with Gasteiger partial charge in [-0.05, 0) is 43.2 Å². The predicted molar refractivity (Wildman–Crippen MR) is 127 cm³/mol. The first kappa shape index (κ1) is 22.2. The van der Waals surface area contributed by atoms with Crippen LogP contribution in [-0.4, -0.2) is 48.2 Å². The fourth-order valence-electron chi connectivity index (χ4n) is 4.31. The molecule has 2 fully saturated rings. The van der Waals surface area contributed by atoms with Gasteiger partial charge in [-0.3, -0.25) is 9.59 Å². The minimum absolute atomic E-state index is 0.00572. The maximum atomic E-state index is 12.8. The average molecular weight is 472 g/mol. The van der Waals surface area contributed by atoms with Crippen LogP contribution in [0, 0.1) is 5.41 Å². The summed E-state index contributed by atoms with van der Waals surface area (Å²) in [4.78, 5) is 29.5. The Bertz CT molecular complexity index is 1070. The van der Waals surface area contributed by atoms with Crippen LogP contribution in [0.4, 0.5) is 11.4 Å². The molecule has 2 aromatic carbocycles. The summed E-state index contributed by atoms with van der Waals surface area (Å²) in [5.41, 5.74) is 1.18. The van der Waals surface area contributed by atoms with Gasteiger partial charge in [0.25, 0.3) is 5.91 Å². The van der Waals surface area contributed by atoms with Crippen LogP contribution in [0.5, 0.6) is 0 Å². The van der Waals surface area contributed by atoms with E-state index in [-0.39, 0.29) is 10.9 Å². The fourth-order valence-corrected chi connectivity index (χ4v) is 4.72. The lowest BCUT2D eigenvalue weighted by molar-refractivity contribution is -0.125. The Morgan fingerprint density at radius 3 is 2.50 bits per heavy atom. The van der Waals surface area contributed by atoms with E-state index in [0.29, 0.717) is 49.0 Å². The molecular weight excluding hydrogens is 449 g/mol. The number of carbonyl (C=O) groups excluding carboxylic acids is 2. The number of anilines is 2. The zero-order chi connectivity index (χ0) is 22.7. The molecule has 32 heavy (non-hydrogen) atoms. The number of benzene rings is 2. The van der Waals surface area contributed by atoms with Crippen LogP contribution in [0.3, 0.4) is 0 Å². The van der Waals surface area contributed by atoms with Crippen LogP contribution in [-0.2, 0) is 9.59 Å². The van der Waals surface area contributed by atoms with Crippen molar-refractivity contribution in [2.45, 2.75) is 18.4 Å². The van der Waals surface area contributed by atoms with Crippen molar-refractivity contribution in [3.05, 3.63) is 70.3 Å². The van der Waals surface area contributed by atoms with E-state index < -0.39 is 11.4 Å². The Morgan fingerprint density at radius 2 is 1.84 bits per heavy atom. The molecule has 0 unspecified atom stereocenters. The van der Waals surface area contributed by atoms with Gasteiger partial charge in [0.15, 0.2) is 0 Å². The van der Waals surface area contributed by atoms with Gasteiger partial charge in [-0.25, -0.2) is 0 Å². The van der Waals surface area contributed by atoms with Crippen LogP contribution >= 0.6 is 23.2 Å². The molecule has 2 amide bonds. The number of piperidine rings is 1. The summed E-state index contributed by atoms with van der Waals surface area (Å²) in [6.45, 7) is 1.43. The highest BCUT2D eigenvalue weighted by molar-refractivity contribution is 6.45. The molecule has 2 heterocycles. The number of rotatable bonds is 5. The first-order valence-electron chi connectivity index (χ1n) is 10.3. The van der Waals surface area contributed by atoms with Gasteiger partial charge in [-0.1, -0.05) is 47.5 Å². The lowest BCUT2D eigenvalue weighted by Gasteiger charge is -2.44. The van der Waals surface area contributed by atoms with Crippen molar-refractivity contribution in [2.75, 3.05) is 30.0 Å². The van der Waals surface area contributed by atoms with Gasteiger partial charge in [-0.15, -0.1) is 0 Å². The van der Waals surface area contributed by atoms with Crippen molar-refractivity contribution < 1.29 is 9.59 Å². The lowest BCUT2D eigenvalue weighted by Crippen LogP contribution is -2.56. The van der Waals surface area contributed by atoms with E-state index in [1.807, 2.05) is 35.2 Å². The Morgan fingerprint density at radius 1 is 1.12 bits per heavy atom. The summed E-state index contributed by atoms with van der Waals surface area (Å²) < 4.78 is 0. The minimum atomic E-state index is -0.652. The van der Waals surface area contributed by atoms with Crippen LogP contribution in [0.2, 0.25) is 5.02 Å². The van der Waals surface area contributed by atoms with Crippen molar-refractivity contribution in [3.63, 3.8) is 0 Å². The zero-order valence-electron chi connectivity index (χ0n) is 17.3. The predicted octanol–water partition coefficient (Wildman–Crippen LogP) is 3.81. The molecule has 0 saturated carbocycles. The summed E-state index contributed by atoms with van der Waals surface area (Å²) in [7, 11) is 0. The maximum Gasteiger partial charge on any atom is 0.269 e. The number of amides is 2. The molecule has 2 aliphatic heterocycles. The SMILES string of the molecule is N=C/C(=C(/Cl)C(=O)Nc1cccc(Cl)c1)N1CCC2(CC1)C(=O)NCN2c1ccccc1. The molecule has 0 radical (unpaired) electrons. The highest BCUT2D eigenvalue weighted by Gasteiger charge is 2.50. The Hall–Kier alpha value is -3.03. The van der Waals surface area contributed by atoms with Crippen molar-refractivity contribution in [3.8, 4) is 0 Å². The summed E-state index contributed by atoms with van der Waals surface area (Å²) in [5, 5.41) is 13.9. The van der Waals surface area contributed by atoms with E-state index >= 15 is 0 Å². The van der Waals surface area contributed by atoms with Crippen molar-refractivity contribution in [1.29, 1.82) is 5.41 Å². The van der Waals surface area contributed by atoms with Crippen molar-refractivity contribution in [2.24, 2.45) is 0 Å². The summed E-state index contributed by atoms with van der Waals surface area (Å²) in [6, 6.07) is 16.6. The second-order valence-electron chi connectivity index (χ2n) is 7.75. The molecule has 2 aromatic rings. The molecule has 0 aliphatic carbocycles. The topological polar surface area (TPSA) is 88.5 Å². The number of allylic oxidation sites excluding steroid dienone is 1. The highest BCUT2D eigenvalue weighted by Crippen LogP contribution is 2.37. The molecule has 0 bridgehead atoms. The number of nitrogens with one attached hydrogen (secondary N) is 3. The Labute approximate surface area is 196 Å². The van der Waals surface area contributed by atoms with E-state index in [2.05, 4.69) is 15.5 Å². The number of para-hydroxylation sites is 1. The monoisotopic (exact) mass is 471 g/mol. The Balaban J connectivity index is 1.51. The number of hydrogen-bond acceptors (Lipinski definition) is 5. The highest BCUT2D eigenvalue weighted by atomic mass is 35.5. The second-order valence-corrected chi connectivity index (χ2v) is 8.57. The number of likely N-dealkylation sites (tertiary alicyclic amines) is 1. The van der Waals surface area contributed by atoms with E-state index in [1.54, 1.807) is 24.3 Å². The van der Waals surface area contributed by atoms with Gasteiger partial charge < -0.3 is 25.8 Å². The fraction of sp³-hybridized carbons (Fsp3) is 0.261. The van der Waals surface area contributed by atoms with Crippen LogP contribution in [0.25, 0.3) is 0 Å². The molecule has 166 valence electrons. The van der Waals surface area contributed by atoms with Crippen LogP contribution < -0.4 is 15.5 Å². The molecule has 4 rings (SSSR count). The standard InChI is InChI=1S/C23H23Cl2N5O2/c24-16-5-4-6-17(13-16)28-21(31)20(25)19(14-26)29-11-9-23(10-12-29)22(32)27-15-30(23)18-7-2-1-3-8-18/h1-8,13-14,26H,9-12,15H2,(H,27,32)(H,28,31)/b20-19-,26-14?. The third-order valence-corrected chi connectivity index (χ3v) is 6.58. The van der Waals surface area contributed by atoms with Gasteiger partial charge in [-0.2, -0.15) is 0 Å². The van der Waals surface area contributed by atoms with Gasteiger partial charge in [0.1, 0.15) is 10.6 Å². The number of halogens is 2. The van der Waals surface area contributed by atoms with Gasteiger partial charge in [0.2, 0.25) is 5.91 Å². The van der Waals surface area contributed by atoms with E-state index in [0.717, 1.165) is 11.9 Å². The molecule has 1 spiro atoms. The smallest absolute Gasteiger partial charge is 0.269 e. The quantitative estimate of drug-likeness (QED) is 0.456.